The van der Waals surface area contributed by atoms with Crippen LogP contribution in [0.15, 0.2) is 54.6 Å². The number of nitrogens with zero attached hydrogens (tertiary/aromatic N) is 5. The van der Waals surface area contributed by atoms with Crippen LogP contribution in [0.4, 0.5) is 0 Å². The van der Waals surface area contributed by atoms with E-state index in [1.54, 1.807) is 0 Å². The average Bonchev–Trinajstić information content (AvgIpc) is 3.31. The Hall–Kier alpha value is -3.52. The Labute approximate surface area is 231 Å². The van der Waals surface area contributed by atoms with Crippen molar-refractivity contribution in [2.45, 2.75) is 77.5 Å². The van der Waals surface area contributed by atoms with Crippen LogP contribution in [-0.2, 0) is 29.1 Å². The van der Waals surface area contributed by atoms with Gasteiger partial charge in [-0.1, -0.05) is 60.2 Å². The van der Waals surface area contributed by atoms with Gasteiger partial charge in [-0.05, 0) is 63.6 Å². The third-order valence-corrected chi connectivity index (χ3v) is 7.82. The Morgan fingerprint density at radius 2 is 1.72 bits per heavy atom. The molecule has 2 aromatic carbocycles. The van der Waals surface area contributed by atoms with Crippen LogP contribution in [0.3, 0.4) is 0 Å². The highest BCUT2D eigenvalue weighted by atomic mass is 16.2. The number of carbonyl (C=O) groups excluding carboxylic acids is 2. The van der Waals surface area contributed by atoms with Gasteiger partial charge in [-0.25, -0.2) is 9.67 Å². The summed E-state index contributed by atoms with van der Waals surface area (Å²) in [5.74, 6) is 1.46. The molecule has 8 nitrogen and oxygen atoms in total. The third-order valence-electron chi connectivity index (χ3n) is 7.82. The molecule has 0 aliphatic carbocycles. The summed E-state index contributed by atoms with van der Waals surface area (Å²) >= 11 is 0. The Kier molecular flexibility index (Phi) is 8.71. The second kappa shape index (κ2) is 12.6. The number of hydrogen-bond donors (Lipinski definition) is 1. The molecule has 2 amide bonds. The minimum atomic E-state index is -0.437. The van der Waals surface area contributed by atoms with Gasteiger partial charge in [0.15, 0.2) is 0 Å². The zero-order chi connectivity index (χ0) is 27.2. The van der Waals surface area contributed by atoms with Crippen molar-refractivity contribution in [2.24, 2.45) is 0 Å². The molecule has 3 heterocycles. The summed E-state index contributed by atoms with van der Waals surface area (Å²) < 4.78 is 1.97. The summed E-state index contributed by atoms with van der Waals surface area (Å²) in [4.78, 5) is 36.1. The van der Waals surface area contributed by atoms with Gasteiger partial charge in [0, 0.05) is 26.1 Å². The molecule has 0 unspecified atom stereocenters. The monoisotopic (exact) mass is 528 g/mol. The van der Waals surface area contributed by atoms with Crippen molar-refractivity contribution in [2.75, 3.05) is 19.6 Å². The molecule has 2 aliphatic heterocycles. The van der Waals surface area contributed by atoms with Gasteiger partial charge in [-0.3, -0.25) is 14.5 Å². The third kappa shape index (κ3) is 6.92. The summed E-state index contributed by atoms with van der Waals surface area (Å²) in [5, 5.41) is 8.05. The number of nitrogens with one attached hydrogen (secondary N) is 1. The molecule has 8 heteroatoms. The van der Waals surface area contributed by atoms with E-state index in [0.717, 1.165) is 50.3 Å². The highest BCUT2D eigenvalue weighted by Gasteiger charge is 2.34. The molecule has 0 spiro atoms. The molecule has 1 saturated heterocycles. The molecule has 0 bridgehead atoms. The van der Waals surface area contributed by atoms with E-state index >= 15 is 0 Å². The van der Waals surface area contributed by atoms with Gasteiger partial charge >= 0.3 is 0 Å². The van der Waals surface area contributed by atoms with Crippen LogP contribution in [0.1, 0.15) is 66.5 Å². The van der Waals surface area contributed by atoms with Gasteiger partial charge in [0.1, 0.15) is 17.7 Å². The molecular formula is C31H40N6O2. The van der Waals surface area contributed by atoms with Gasteiger partial charge in [0.2, 0.25) is 11.8 Å². The molecule has 1 aromatic heterocycles. The lowest BCUT2D eigenvalue weighted by Gasteiger charge is -2.36. The first kappa shape index (κ1) is 27.1. The normalized spacial score (nSPS) is 21.5. The predicted octanol–water partition coefficient (Wildman–Crippen LogP) is 3.97. The Balaban J connectivity index is 1.47. The lowest BCUT2D eigenvalue weighted by atomic mass is 9.99. The first-order valence-corrected chi connectivity index (χ1v) is 14.3. The minimum Gasteiger partial charge on any atom is -0.344 e. The van der Waals surface area contributed by atoms with E-state index in [1.165, 1.54) is 11.1 Å². The van der Waals surface area contributed by atoms with E-state index in [2.05, 4.69) is 53.5 Å². The summed E-state index contributed by atoms with van der Waals surface area (Å²) in [7, 11) is 0. The fraction of sp³-hybridized carbons (Fsp3) is 0.484. The molecule has 2 aliphatic rings. The highest BCUT2D eigenvalue weighted by Crippen LogP contribution is 2.23. The van der Waals surface area contributed by atoms with Gasteiger partial charge in [-0.2, -0.15) is 5.10 Å². The molecule has 5 rings (SSSR count). The Morgan fingerprint density at radius 1 is 0.897 bits per heavy atom. The van der Waals surface area contributed by atoms with Crippen molar-refractivity contribution >= 4 is 11.8 Å². The zero-order valence-electron chi connectivity index (χ0n) is 23.2. The number of hydrogen-bond acceptors (Lipinski definition) is 5. The largest absolute Gasteiger partial charge is 0.344 e. The maximum absolute atomic E-state index is 13.7. The van der Waals surface area contributed by atoms with E-state index in [1.807, 2.05) is 34.7 Å². The number of rotatable bonds is 4. The average molecular weight is 529 g/mol. The molecule has 1 N–H and O–H groups in total. The van der Waals surface area contributed by atoms with Crippen LogP contribution in [0.25, 0.3) is 0 Å². The SMILES string of the molecule is Cc1cccc(CN2CCCC(=O)N3CCCC[C@H]3C(=O)N[C@H](Cc3ccccc3)c3nc(C)nn3CC2)c1. The summed E-state index contributed by atoms with van der Waals surface area (Å²) in [6.07, 6.45) is 4.41. The number of aromatic nitrogens is 3. The minimum absolute atomic E-state index is 0.0843. The summed E-state index contributed by atoms with van der Waals surface area (Å²) in [6, 6.07) is 18.0. The van der Waals surface area contributed by atoms with Crippen molar-refractivity contribution in [1.82, 2.24) is 29.9 Å². The molecule has 2 atom stereocenters. The van der Waals surface area contributed by atoms with Crippen LogP contribution in [0.2, 0.25) is 0 Å². The van der Waals surface area contributed by atoms with Crippen LogP contribution >= 0.6 is 0 Å². The van der Waals surface area contributed by atoms with Crippen molar-refractivity contribution in [3.05, 3.63) is 82.9 Å². The number of piperidine rings is 1. The molecule has 1 fully saturated rings. The second-order valence-corrected chi connectivity index (χ2v) is 11.0. The first-order valence-electron chi connectivity index (χ1n) is 14.3. The topological polar surface area (TPSA) is 83.4 Å². The van der Waals surface area contributed by atoms with E-state index in [-0.39, 0.29) is 17.9 Å². The number of fused-ring (bicyclic) bond motifs is 2. The fourth-order valence-corrected chi connectivity index (χ4v) is 5.89. The lowest BCUT2D eigenvalue weighted by molar-refractivity contribution is -0.142. The van der Waals surface area contributed by atoms with E-state index < -0.39 is 6.04 Å². The molecule has 3 aromatic rings. The van der Waals surface area contributed by atoms with Gasteiger partial charge in [0.25, 0.3) is 0 Å². The first-order chi connectivity index (χ1) is 19.0. The van der Waals surface area contributed by atoms with Crippen molar-refractivity contribution in [1.29, 1.82) is 0 Å². The van der Waals surface area contributed by atoms with Crippen LogP contribution < -0.4 is 5.32 Å². The summed E-state index contributed by atoms with van der Waals surface area (Å²) in [5.41, 5.74) is 3.63. The summed E-state index contributed by atoms with van der Waals surface area (Å²) in [6.45, 7) is 7.72. The highest BCUT2D eigenvalue weighted by molar-refractivity contribution is 5.88. The smallest absolute Gasteiger partial charge is 0.243 e. The number of benzene rings is 2. The predicted molar refractivity (Wildman–Crippen MR) is 151 cm³/mol. The maximum Gasteiger partial charge on any atom is 0.243 e. The van der Waals surface area contributed by atoms with E-state index in [9.17, 15) is 9.59 Å². The van der Waals surface area contributed by atoms with Gasteiger partial charge in [0.05, 0.1) is 12.6 Å². The fourth-order valence-electron chi connectivity index (χ4n) is 5.89. The van der Waals surface area contributed by atoms with Crippen LogP contribution in [0, 0.1) is 13.8 Å². The van der Waals surface area contributed by atoms with Gasteiger partial charge in [-0.15, -0.1) is 0 Å². The maximum atomic E-state index is 13.7. The molecule has 206 valence electrons. The number of aryl methyl sites for hydroxylation is 2. The van der Waals surface area contributed by atoms with E-state index in [4.69, 9.17) is 10.1 Å². The standard InChI is InChI=1S/C31H40N6O2/c1-23-10-8-13-26(20-23)22-35-16-9-15-29(38)36-17-7-6-14-28(36)31(39)33-27(21-25-11-4-3-5-12-25)30-32-24(2)34-37(30)19-18-35/h3-5,8,10-13,20,27-28H,6-7,9,14-19,21-22H2,1-2H3,(H,33,39)/t27-,28+/m1/s1. The zero-order valence-corrected chi connectivity index (χ0v) is 23.2. The lowest BCUT2D eigenvalue weighted by Crippen LogP contribution is -2.53. The Bertz CT molecular complexity index is 1270. The van der Waals surface area contributed by atoms with Gasteiger partial charge < -0.3 is 10.2 Å². The van der Waals surface area contributed by atoms with Crippen LogP contribution in [-0.4, -0.2) is 62.1 Å². The molecular weight excluding hydrogens is 488 g/mol. The van der Waals surface area contributed by atoms with E-state index in [0.29, 0.717) is 38.2 Å². The Morgan fingerprint density at radius 3 is 2.54 bits per heavy atom. The molecule has 39 heavy (non-hydrogen) atoms. The number of amides is 2. The molecule has 0 radical (unpaired) electrons. The van der Waals surface area contributed by atoms with Crippen molar-refractivity contribution in [3.63, 3.8) is 0 Å². The van der Waals surface area contributed by atoms with Crippen LogP contribution in [0.5, 0.6) is 0 Å². The van der Waals surface area contributed by atoms with Crippen molar-refractivity contribution < 1.29 is 9.59 Å². The quantitative estimate of drug-likeness (QED) is 0.554. The second-order valence-electron chi connectivity index (χ2n) is 11.0. The number of carbonyl (C=O) groups is 2. The molecule has 0 saturated carbocycles. The van der Waals surface area contributed by atoms with Crippen molar-refractivity contribution in [3.8, 4) is 0 Å².